The van der Waals surface area contributed by atoms with Gasteiger partial charge in [0.2, 0.25) is 5.95 Å². The Kier molecular flexibility index (Phi) is 3.99. The second kappa shape index (κ2) is 6.60. The van der Waals surface area contributed by atoms with Crippen LogP contribution in [0, 0.1) is 5.82 Å². The third-order valence-electron chi connectivity index (χ3n) is 3.49. The maximum absolute atomic E-state index is 13.7. The van der Waals surface area contributed by atoms with E-state index in [1.807, 2.05) is 12.1 Å². The van der Waals surface area contributed by atoms with Gasteiger partial charge in [0.15, 0.2) is 17.3 Å². The van der Waals surface area contributed by atoms with E-state index in [4.69, 9.17) is 9.47 Å². The third kappa shape index (κ3) is 3.42. The monoisotopic (exact) mass is 339 g/mol. The molecule has 0 saturated carbocycles. The van der Waals surface area contributed by atoms with Crippen LogP contribution in [0.15, 0.2) is 48.7 Å². The van der Waals surface area contributed by atoms with E-state index < -0.39 is 0 Å². The topological polar surface area (TPSA) is 81.2 Å². The van der Waals surface area contributed by atoms with Gasteiger partial charge in [-0.25, -0.2) is 4.39 Å². The van der Waals surface area contributed by atoms with Crippen LogP contribution in [-0.4, -0.2) is 28.4 Å². The van der Waals surface area contributed by atoms with Crippen molar-refractivity contribution in [3.05, 3.63) is 54.5 Å². The highest BCUT2D eigenvalue weighted by atomic mass is 19.1. The van der Waals surface area contributed by atoms with Gasteiger partial charge in [-0.2, -0.15) is 10.1 Å². The first-order chi connectivity index (χ1) is 12.3. The van der Waals surface area contributed by atoms with E-state index in [1.54, 1.807) is 24.3 Å². The van der Waals surface area contributed by atoms with Gasteiger partial charge >= 0.3 is 0 Å². The Morgan fingerprint density at radius 2 is 1.80 bits per heavy atom. The summed E-state index contributed by atoms with van der Waals surface area (Å²) >= 11 is 0. The number of para-hydroxylation sites is 1. The second-order valence-electron chi connectivity index (χ2n) is 5.25. The van der Waals surface area contributed by atoms with E-state index in [0.29, 0.717) is 36.2 Å². The van der Waals surface area contributed by atoms with Gasteiger partial charge in [-0.1, -0.05) is 12.1 Å². The molecule has 0 aliphatic carbocycles. The number of halogens is 1. The molecule has 0 unspecified atom stereocenters. The number of hydrogen-bond acceptors (Lipinski definition) is 7. The Morgan fingerprint density at radius 1 is 0.960 bits per heavy atom. The number of hydrogen-bond donors (Lipinski definition) is 2. The smallest absolute Gasteiger partial charge is 0.249 e. The first-order valence-corrected chi connectivity index (χ1v) is 7.66. The highest BCUT2D eigenvalue weighted by Crippen LogP contribution is 2.33. The molecule has 0 atom stereocenters. The Hall–Kier alpha value is -3.42. The van der Waals surface area contributed by atoms with E-state index in [2.05, 4.69) is 25.8 Å². The van der Waals surface area contributed by atoms with Crippen LogP contribution in [0.4, 0.5) is 27.5 Å². The number of nitrogens with zero attached hydrogens (tertiary/aromatic N) is 3. The fourth-order valence-corrected chi connectivity index (χ4v) is 2.37. The van der Waals surface area contributed by atoms with Crippen LogP contribution in [0.25, 0.3) is 0 Å². The molecular weight excluding hydrogens is 325 g/mol. The fraction of sp³-hybridized carbons (Fsp3) is 0.118. The number of rotatable bonds is 4. The van der Waals surface area contributed by atoms with Gasteiger partial charge in [-0.15, -0.1) is 5.10 Å². The molecular formula is C17H14FN5O2. The lowest BCUT2D eigenvalue weighted by Crippen LogP contribution is -2.15. The number of aromatic nitrogens is 3. The van der Waals surface area contributed by atoms with Crippen LogP contribution in [0.3, 0.4) is 0 Å². The van der Waals surface area contributed by atoms with E-state index >= 15 is 0 Å². The van der Waals surface area contributed by atoms with Gasteiger partial charge in [-0.05, 0) is 24.3 Å². The largest absolute Gasteiger partial charge is 0.486 e. The second-order valence-corrected chi connectivity index (χ2v) is 5.25. The molecule has 1 aliphatic heterocycles. The molecule has 1 aromatic heterocycles. The molecule has 0 radical (unpaired) electrons. The van der Waals surface area contributed by atoms with Gasteiger partial charge in [0.1, 0.15) is 19.0 Å². The van der Waals surface area contributed by atoms with E-state index in [9.17, 15) is 4.39 Å². The van der Waals surface area contributed by atoms with Crippen LogP contribution in [0.5, 0.6) is 11.5 Å². The molecule has 25 heavy (non-hydrogen) atoms. The molecule has 0 bridgehead atoms. The minimum absolute atomic E-state index is 0.276. The summed E-state index contributed by atoms with van der Waals surface area (Å²) in [5, 5.41) is 13.7. The van der Waals surface area contributed by atoms with Gasteiger partial charge in [0.25, 0.3) is 0 Å². The van der Waals surface area contributed by atoms with Crippen molar-refractivity contribution < 1.29 is 13.9 Å². The van der Waals surface area contributed by atoms with Crippen molar-refractivity contribution in [2.45, 2.75) is 0 Å². The Balaban J connectivity index is 1.53. The molecule has 4 rings (SSSR count). The highest BCUT2D eigenvalue weighted by Gasteiger charge is 2.12. The number of benzene rings is 2. The minimum atomic E-state index is -0.373. The Morgan fingerprint density at radius 3 is 2.68 bits per heavy atom. The summed E-state index contributed by atoms with van der Waals surface area (Å²) in [7, 11) is 0. The summed E-state index contributed by atoms with van der Waals surface area (Å²) in [5.41, 5.74) is 1.04. The first kappa shape index (κ1) is 15.1. The Bertz CT molecular complexity index is 906. The molecule has 2 aromatic carbocycles. The molecule has 8 heteroatoms. The average molecular weight is 339 g/mol. The summed E-state index contributed by atoms with van der Waals surface area (Å²) in [4.78, 5) is 4.28. The predicted octanol–water partition coefficient (Wildman–Crippen LogP) is 3.27. The quantitative estimate of drug-likeness (QED) is 0.755. The van der Waals surface area contributed by atoms with Crippen LogP contribution in [0.2, 0.25) is 0 Å². The van der Waals surface area contributed by atoms with E-state index in [0.717, 1.165) is 5.69 Å². The van der Waals surface area contributed by atoms with Crippen molar-refractivity contribution in [2.75, 3.05) is 23.8 Å². The third-order valence-corrected chi connectivity index (χ3v) is 3.49. The van der Waals surface area contributed by atoms with Gasteiger partial charge in [0, 0.05) is 11.8 Å². The summed E-state index contributed by atoms with van der Waals surface area (Å²) in [5.74, 6) is 1.64. The fourth-order valence-electron chi connectivity index (χ4n) is 2.37. The Labute approximate surface area is 142 Å². The molecule has 0 saturated heterocycles. The molecule has 1 aliphatic rings. The molecule has 0 fully saturated rings. The summed E-state index contributed by atoms with van der Waals surface area (Å²) in [6, 6.07) is 11.8. The summed E-state index contributed by atoms with van der Waals surface area (Å²) in [6.07, 6.45) is 1.42. The molecule has 0 spiro atoms. The first-order valence-electron chi connectivity index (χ1n) is 7.66. The van der Waals surface area contributed by atoms with Crippen molar-refractivity contribution in [1.29, 1.82) is 0 Å². The summed E-state index contributed by atoms with van der Waals surface area (Å²) < 4.78 is 24.7. The van der Waals surface area contributed by atoms with Crippen molar-refractivity contribution in [1.82, 2.24) is 15.2 Å². The van der Waals surface area contributed by atoms with Crippen LogP contribution in [0.1, 0.15) is 0 Å². The molecule has 7 nitrogen and oxygen atoms in total. The zero-order valence-corrected chi connectivity index (χ0v) is 13.1. The lowest BCUT2D eigenvalue weighted by atomic mass is 10.2. The van der Waals surface area contributed by atoms with E-state index in [1.165, 1.54) is 12.3 Å². The van der Waals surface area contributed by atoms with Crippen molar-refractivity contribution in [3.8, 4) is 11.5 Å². The van der Waals surface area contributed by atoms with Crippen molar-refractivity contribution in [3.63, 3.8) is 0 Å². The maximum atomic E-state index is 13.7. The normalized spacial score (nSPS) is 12.5. The predicted molar refractivity (Wildman–Crippen MR) is 90.2 cm³/mol. The van der Waals surface area contributed by atoms with Crippen LogP contribution >= 0.6 is 0 Å². The maximum Gasteiger partial charge on any atom is 0.249 e. The highest BCUT2D eigenvalue weighted by molar-refractivity contribution is 5.62. The molecule has 3 aromatic rings. The van der Waals surface area contributed by atoms with Crippen molar-refractivity contribution >= 4 is 23.1 Å². The van der Waals surface area contributed by atoms with Crippen molar-refractivity contribution in [2.24, 2.45) is 0 Å². The summed E-state index contributed by atoms with van der Waals surface area (Å²) in [6.45, 7) is 1.05. The zero-order chi connectivity index (χ0) is 17.1. The number of anilines is 4. The number of ether oxygens (including phenoxy) is 2. The van der Waals surface area contributed by atoms with Gasteiger partial charge in [-0.3, -0.25) is 0 Å². The van der Waals surface area contributed by atoms with E-state index in [-0.39, 0.29) is 11.8 Å². The van der Waals surface area contributed by atoms with Gasteiger partial charge in [0.05, 0.1) is 11.9 Å². The molecule has 2 heterocycles. The van der Waals surface area contributed by atoms with Gasteiger partial charge < -0.3 is 20.1 Å². The number of nitrogens with one attached hydrogen (secondary N) is 2. The SMILES string of the molecule is Fc1ccccc1Nc1cnnc(Nc2ccc3c(c2)OCCO3)n1. The molecule has 0 amide bonds. The zero-order valence-electron chi connectivity index (χ0n) is 13.1. The number of fused-ring (bicyclic) bond motifs is 1. The van der Waals surface area contributed by atoms with Crippen LogP contribution in [-0.2, 0) is 0 Å². The average Bonchev–Trinajstić information content (AvgIpc) is 2.64. The standard InChI is InChI=1S/C17H14FN5O2/c18-12-3-1-2-4-13(12)21-16-10-19-23-17(22-16)20-11-5-6-14-15(9-11)25-8-7-24-14/h1-6,9-10H,7-8H2,(H2,20,21,22,23). The lowest BCUT2D eigenvalue weighted by molar-refractivity contribution is 0.171. The van der Waals surface area contributed by atoms with Crippen LogP contribution < -0.4 is 20.1 Å². The molecule has 126 valence electrons. The minimum Gasteiger partial charge on any atom is -0.486 e. The molecule has 2 N–H and O–H groups in total. The lowest BCUT2D eigenvalue weighted by Gasteiger charge is -2.19.